The molecule has 0 unspecified atom stereocenters. The van der Waals surface area contributed by atoms with Crippen molar-refractivity contribution in [2.24, 2.45) is 4.99 Å². The summed E-state index contributed by atoms with van der Waals surface area (Å²) < 4.78 is 5.58. The van der Waals surface area contributed by atoms with E-state index in [2.05, 4.69) is 26.2 Å². The molecular formula is C15H21BrN4O3. The molecule has 0 atom stereocenters. The van der Waals surface area contributed by atoms with Crippen molar-refractivity contribution in [2.75, 3.05) is 47.4 Å². The Bertz CT molecular complexity index is 586. The van der Waals surface area contributed by atoms with Crippen LogP contribution in [0.1, 0.15) is 10.4 Å². The van der Waals surface area contributed by atoms with Crippen LogP contribution in [0.3, 0.4) is 0 Å². The van der Waals surface area contributed by atoms with Crippen molar-refractivity contribution in [3.63, 3.8) is 0 Å². The number of nitrogens with zero attached hydrogens (tertiary/aromatic N) is 3. The summed E-state index contributed by atoms with van der Waals surface area (Å²) in [5.41, 5.74) is 0.879. The lowest BCUT2D eigenvalue weighted by Crippen LogP contribution is -2.45. The number of methoxy groups -OCH3 is 1. The molecule has 2 rings (SSSR count). The van der Waals surface area contributed by atoms with Gasteiger partial charge < -0.3 is 19.8 Å². The summed E-state index contributed by atoms with van der Waals surface area (Å²) in [7, 11) is 5.07. The number of benzene rings is 1. The van der Waals surface area contributed by atoms with E-state index in [0.717, 1.165) is 30.7 Å². The number of esters is 1. The maximum absolute atomic E-state index is 12.0. The normalized spacial score (nSPS) is 15.7. The van der Waals surface area contributed by atoms with Gasteiger partial charge in [0.2, 0.25) is 0 Å². The predicted octanol–water partition coefficient (Wildman–Crippen LogP) is 1.66. The third-order valence-corrected chi connectivity index (χ3v) is 3.81. The molecule has 1 saturated heterocycles. The van der Waals surface area contributed by atoms with E-state index >= 15 is 0 Å². The van der Waals surface area contributed by atoms with Crippen LogP contribution in [0.5, 0.6) is 5.75 Å². The molecule has 0 radical (unpaired) electrons. The zero-order valence-electron chi connectivity index (χ0n) is 13.5. The van der Waals surface area contributed by atoms with Gasteiger partial charge in [-0.15, -0.1) is 5.06 Å². The van der Waals surface area contributed by atoms with Crippen LogP contribution in [0.15, 0.2) is 21.6 Å². The fourth-order valence-electron chi connectivity index (χ4n) is 2.05. The predicted molar refractivity (Wildman–Crippen MR) is 92.4 cm³/mol. The van der Waals surface area contributed by atoms with Crippen molar-refractivity contribution in [1.29, 1.82) is 0 Å². The molecule has 7 nitrogen and oxygen atoms in total. The maximum Gasteiger partial charge on any atom is 0.340 e. The van der Waals surface area contributed by atoms with Crippen LogP contribution in [-0.2, 0) is 4.74 Å². The average Bonchev–Trinajstić information content (AvgIpc) is 2.55. The summed E-state index contributed by atoms with van der Waals surface area (Å²) in [5, 5.41) is 5.12. The Balaban J connectivity index is 2.31. The van der Waals surface area contributed by atoms with Gasteiger partial charge in [0.1, 0.15) is 0 Å². The number of aliphatic imine (C=N–C) groups is 1. The molecule has 1 heterocycles. The molecule has 0 amide bonds. The summed E-state index contributed by atoms with van der Waals surface area (Å²) >= 11 is 3.48. The van der Waals surface area contributed by atoms with E-state index < -0.39 is 5.97 Å². The van der Waals surface area contributed by atoms with Crippen molar-refractivity contribution in [1.82, 2.24) is 15.3 Å². The Labute approximate surface area is 144 Å². The fourth-order valence-corrected chi connectivity index (χ4v) is 2.45. The molecule has 0 bridgehead atoms. The van der Waals surface area contributed by atoms with E-state index in [1.165, 1.54) is 7.11 Å². The number of hydrogen-bond acceptors (Lipinski definition) is 6. The molecule has 1 aromatic carbocycles. The van der Waals surface area contributed by atoms with Crippen molar-refractivity contribution >= 4 is 33.9 Å². The summed E-state index contributed by atoms with van der Waals surface area (Å²) in [5.74, 6) is 0.115. The lowest BCUT2D eigenvalue weighted by Gasteiger charge is -2.27. The third kappa shape index (κ3) is 4.92. The minimum absolute atomic E-state index is 0.360. The van der Waals surface area contributed by atoms with Crippen LogP contribution >= 0.6 is 15.9 Å². The highest BCUT2D eigenvalue weighted by Gasteiger charge is 2.19. The molecule has 0 aliphatic carbocycles. The summed E-state index contributed by atoms with van der Waals surface area (Å²) in [6.45, 7) is 3.29. The average molecular weight is 385 g/mol. The smallest absolute Gasteiger partial charge is 0.340 e. The molecule has 23 heavy (non-hydrogen) atoms. The van der Waals surface area contributed by atoms with E-state index in [9.17, 15) is 4.79 Å². The molecule has 0 spiro atoms. The van der Waals surface area contributed by atoms with Crippen LogP contribution in [0.25, 0.3) is 0 Å². The maximum atomic E-state index is 12.0. The Morgan fingerprint density at radius 1 is 1.39 bits per heavy atom. The topological polar surface area (TPSA) is 66.4 Å². The van der Waals surface area contributed by atoms with Crippen molar-refractivity contribution in [3.8, 4) is 5.75 Å². The number of nitrogens with one attached hydrogen (secondary N) is 1. The van der Waals surface area contributed by atoms with Gasteiger partial charge in [-0.05, 0) is 22.0 Å². The molecular weight excluding hydrogens is 364 g/mol. The lowest BCUT2D eigenvalue weighted by molar-refractivity contribution is -0.0671. The highest BCUT2D eigenvalue weighted by atomic mass is 79.9. The van der Waals surface area contributed by atoms with Crippen LogP contribution in [0.2, 0.25) is 0 Å². The van der Waals surface area contributed by atoms with Gasteiger partial charge in [-0.1, -0.05) is 0 Å². The minimum atomic E-state index is -0.450. The Hall–Kier alpha value is -1.64. The van der Waals surface area contributed by atoms with Crippen molar-refractivity contribution in [2.45, 2.75) is 0 Å². The van der Waals surface area contributed by atoms with Crippen LogP contribution in [-0.4, -0.2) is 69.7 Å². The second kappa shape index (κ2) is 8.28. The van der Waals surface area contributed by atoms with Crippen molar-refractivity contribution < 1.29 is 14.4 Å². The first-order valence-electron chi connectivity index (χ1n) is 7.27. The first kappa shape index (κ1) is 17.7. The molecule has 1 aliphatic rings. The molecule has 8 heteroatoms. The Morgan fingerprint density at radius 2 is 2.09 bits per heavy atom. The number of rotatable bonds is 5. The summed E-state index contributed by atoms with van der Waals surface area (Å²) in [4.78, 5) is 24.0. The number of ether oxygens (including phenoxy) is 1. The number of carbonyl (C=O) groups is 1. The molecule has 1 N–H and O–H groups in total. The number of halogens is 1. The zero-order valence-corrected chi connectivity index (χ0v) is 15.1. The molecule has 1 aromatic rings. The molecule has 0 saturated carbocycles. The molecule has 0 aromatic heterocycles. The van der Waals surface area contributed by atoms with Gasteiger partial charge in [-0.2, -0.15) is 0 Å². The second-order valence-electron chi connectivity index (χ2n) is 5.27. The van der Waals surface area contributed by atoms with Crippen LogP contribution in [0.4, 0.5) is 5.69 Å². The fraction of sp³-hybridized carbons (Fsp3) is 0.467. The number of hydroxylamine groups is 2. The number of carbonyl (C=O) groups excluding carboxylic acids is 1. The quantitative estimate of drug-likeness (QED) is 0.473. The first-order valence-corrected chi connectivity index (χ1v) is 8.06. The Morgan fingerprint density at radius 3 is 2.70 bits per heavy atom. The van der Waals surface area contributed by atoms with Crippen LogP contribution in [0, 0.1) is 0 Å². The van der Waals surface area contributed by atoms with E-state index in [-0.39, 0.29) is 0 Å². The zero-order chi connectivity index (χ0) is 16.8. The number of hydrogen-bond donors (Lipinski definition) is 1. The lowest BCUT2D eigenvalue weighted by atomic mass is 10.1. The van der Waals surface area contributed by atoms with E-state index in [0.29, 0.717) is 17.0 Å². The van der Waals surface area contributed by atoms with Gasteiger partial charge in [0, 0.05) is 46.3 Å². The monoisotopic (exact) mass is 384 g/mol. The van der Waals surface area contributed by atoms with Gasteiger partial charge in [0.15, 0.2) is 5.75 Å². The third-order valence-electron chi connectivity index (χ3n) is 3.19. The van der Waals surface area contributed by atoms with E-state index in [4.69, 9.17) is 9.57 Å². The van der Waals surface area contributed by atoms with Crippen LogP contribution < -0.4 is 10.2 Å². The Kier molecular flexibility index (Phi) is 6.37. The van der Waals surface area contributed by atoms with Crippen molar-refractivity contribution in [3.05, 3.63) is 22.2 Å². The number of piperazine rings is 1. The second-order valence-corrected chi connectivity index (χ2v) is 6.12. The molecule has 1 fully saturated rings. The largest absolute Gasteiger partial charge is 0.465 e. The standard InChI is InChI=1S/C15H21BrN4O3/c1-19(2)10-18-13-9-12(16)14(8-11(13)15(21)22-3)23-20-6-4-17-5-7-20/h8-10,17H,4-7H2,1-3H3. The van der Waals surface area contributed by atoms with Gasteiger partial charge in [0.25, 0.3) is 0 Å². The van der Waals surface area contributed by atoms with Gasteiger partial charge in [-0.3, -0.25) is 0 Å². The van der Waals surface area contributed by atoms with Gasteiger partial charge in [-0.25, -0.2) is 9.79 Å². The SMILES string of the molecule is COC(=O)c1cc(ON2CCNCC2)c(Br)cc1N=CN(C)C. The highest BCUT2D eigenvalue weighted by Crippen LogP contribution is 2.34. The minimum Gasteiger partial charge on any atom is -0.465 e. The molecule has 1 aliphatic heterocycles. The van der Waals surface area contributed by atoms with E-state index in [1.807, 2.05) is 19.2 Å². The first-order chi connectivity index (χ1) is 11.0. The summed E-state index contributed by atoms with van der Waals surface area (Å²) in [6.07, 6.45) is 1.63. The summed E-state index contributed by atoms with van der Waals surface area (Å²) in [6, 6.07) is 3.41. The van der Waals surface area contributed by atoms with Gasteiger partial charge in [0.05, 0.1) is 29.2 Å². The molecule has 126 valence electrons. The highest BCUT2D eigenvalue weighted by molar-refractivity contribution is 9.10. The van der Waals surface area contributed by atoms with E-state index in [1.54, 1.807) is 23.4 Å². The van der Waals surface area contributed by atoms with Gasteiger partial charge >= 0.3 is 5.97 Å².